The Bertz CT molecular complexity index is 448. The summed E-state index contributed by atoms with van der Waals surface area (Å²) in [6.07, 6.45) is 5.08. The Balaban J connectivity index is 2.13. The molecule has 0 N–H and O–H groups in total. The average Bonchev–Trinajstić information content (AvgIpc) is 2.76. The van der Waals surface area contributed by atoms with Crippen molar-refractivity contribution in [3.05, 3.63) is 11.1 Å². The molecule has 1 aromatic rings. The summed E-state index contributed by atoms with van der Waals surface area (Å²) in [4.78, 5) is 19.1. The number of hydrogen-bond acceptors (Lipinski definition) is 5. The Morgan fingerprint density at radius 2 is 2.00 bits per heavy atom. The highest BCUT2D eigenvalue weighted by molar-refractivity contribution is 7.13. The van der Waals surface area contributed by atoms with Crippen molar-refractivity contribution in [2.45, 2.75) is 51.9 Å². The second kappa shape index (κ2) is 6.57. The molecule has 0 radical (unpaired) electrons. The molecule has 5 heteroatoms. The third kappa shape index (κ3) is 3.32. The number of anilines is 1. The van der Waals surface area contributed by atoms with Gasteiger partial charge in [0.2, 0.25) is 0 Å². The van der Waals surface area contributed by atoms with Crippen LogP contribution in [0.2, 0.25) is 0 Å². The van der Waals surface area contributed by atoms with E-state index in [2.05, 4.69) is 4.90 Å². The minimum atomic E-state index is -0.670. The molecular weight excluding hydrogens is 272 g/mol. The predicted octanol–water partition coefficient (Wildman–Crippen LogP) is 3.36. The lowest BCUT2D eigenvalue weighted by atomic mass is 9.90. The zero-order valence-electron chi connectivity index (χ0n) is 12.6. The van der Waals surface area contributed by atoms with Gasteiger partial charge in [0.1, 0.15) is 5.41 Å². The summed E-state index contributed by atoms with van der Waals surface area (Å²) < 4.78 is 5.15. The van der Waals surface area contributed by atoms with E-state index in [0.717, 1.165) is 23.9 Å². The van der Waals surface area contributed by atoms with Crippen molar-refractivity contribution in [3.8, 4) is 0 Å². The van der Waals surface area contributed by atoms with Crippen LogP contribution in [0.1, 0.15) is 52.1 Å². The minimum Gasteiger partial charge on any atom is -0.465 e. The van der Waals surface area contributed by atoms with E-state index in [-0.39, 0.29) is 5.97 Å². The molecular formula is C15H24N2O2S. The fourth-order valence-electron chi connectivity index (χ4n) is 2.37. The number of thiazole rings is 1. The second-order valence-electron chi connectivity index (χ2n) is 5.76. The number of esters is 1. The molecule has 1 aromatic heterocycles. The molecule has 0 aromatic carbocycles. The third-order valence-electron chi connectivity index (χ3n) is 3.79. The third-order valence-corrected chi connectivity index (χ3v) is 4.70. The summed E-state index contributed by atoms with van der Waals surface area (Å²) in [5.74, 6) is -0.201. The predicted molar refractivity (Wildman–Crippen MR) is 82.5 cm³/mol. The number of rotatable bonds is 4. The van der Waals surface area contributed by atoms with Crippen LogP contribution in [-0.4, -0.2) is 30.6 Å². The van der Waals surface area contributed by atoms with Crippen molar-refractivity contribution in [3.63, 3.8) is 0 Å². The second-order valence-corrected chi connectivity index (χ2v) is 6.60. The first-order valence-electron chi connectivity index (χ1n) is 7.44. The molecule has 0 unspecified atom stereocenters. The van der Waals surface area contributed by atoms with Gasteiger partial charge >= 0.3 is 5.97 Å². The topological polar surface area (TPSA) is 42.4 Å². The zero-order valence-corrected chi connectivity index (χ0v) is 13.5. The monoisotopic (exact) mass is 296 g/mol. The Morgan fingerprint density at radius 3 is 2.60 bits per heavy atom. The van der Waals surface area contributed by atoms with Gasteiger partial charge in [0.15, 0.2) is 5.13 Å². The molecule has 2 rings (SSSR count). The summed E-state index contributed by atoms with van der Waals surface area (Å²) in [5, 5.41) is 3.04. The smallest absolute Gasteiger partial charge is 0.317 e. The van der Waals surface area contributed by atoms with Crippen molar-refractivity contribution >= 4 is 22.4 Å². The van der Waals surface area contributed by atoms with Gasteiger partial charge in [0.25, 0.3) is 0 Å². The maximum absolute atomic E-state index is 12.0. The quantitative estimate of drug-likeness (QED) is 0.799. The maximum atomic E-state index is 12.0. The first-order chi connectivity index (χ1) is 9.55. The molecule has 4 nitrogen and oxygen atoms in total. The zero-order chi connectivity index (χ0) is 14.6. The molecule has 0 bridgehead atoms. The Morgan fingerprint density at radius 1 is 1.35 bits per heavy atom. The van der Waals surface area contributed by atoms with Crippen molar-refractivity contribution in [1.82, 2.24) is 4.98 Å². The van der Waals surface area contributed by atoms with E-state index in [4.69, 9.17) is 9.72 Å². The highest BCUT2D eigenvalue weighted by atomic mass is 32.1. The van der Waals surface area contributed by atoms with E-state index in [9.17, 15) is 4.79 Å². The number of nitrogens with zero attached hydrogens (tertiary/aromatic N) is 2. The van der Waals surface area contributed by atoms with E-state index in [1.165, 1.54) is 25.7 Å². The lowest BCUT2D eigenvalue weighted by Crippen LogP contribution is -2.32. The molecule has 1 aliphatic rings. The van der Waals surface area contributed by atoms with Crippen LogP contribution in [0.15, 0.2) is 5.38 Å². The standard InChI is InChI=1S/C15H24N2O2S/c1-4-19-13(18)15(2,3)12-11-20-14(16-12)17-9-7-5-6-8-10-17/h11H,4-10H2,1-3H3. The maximum Gasteiger partial charge on any atom is 0.317 e. The number of aromatic nitrogens is 1. The fourth-order valence-corrected chi connectivity index (χ4v) is 3.42. The van der Waals surface area contributed by atoms with Crippen molar-refractivity contribution in [2.75, 3.05) is 24.6 Å². The lowest BCUT2D eigenvalue weighted by Gasteiger charge is -2.21. The Kier molecular flexibility index (Phi) is 5.02. The fraction of sp³-hybridized carbons (Fsp3) is 0.733. The molecule has 1 aliphatic heterocycles. The normalized spacial score (nSPS) is 16.9. The highest BCUT2D eigenvalue weighted by Gasteiger charge is 2.34. The summed E-state index contributed by atoms with van der Waals surface area (Å²) in [6, 6.07) is 0. The Labute approximate surface area is 125 Å². The van der Waals surface area contributed by atoms with Gasteiger partial charge in [0, 0.05) is 18.5 Å². The van der Waals surface area contributed by atoms with Crippen LogP contribution in [0.4, 0.5) is 5.13 Å². The van der Waals surface area contributed by atoms with Crippen LogP contribution in [0.25, 0.3) is 0 Å². The molecule has 0 saturated carbocycles. The van der Waals surface area contributed by atoms with Crippen molar-refractivity contribution in [2.24, 2.45) is 0 Å². The first-order valence-corrected chi connectivity index (χ1v) is 8.32. The molecule has 0 spiro atoms. The molecule has 1 fully saturated rings. The number of carbonyl (C=O) groups is 1. The molecule has 0 atom stereocenters. The Hall–Kier alpha value is -1.10. The molecule has 1 saturated heterocycles. The van der Waals surface area contributed by atoms with Crippen LogP contribution >= 0.6 is 11.3 Å². The highest BCUT2D eigenvalue weighted by Crippen LogP contribution is 2.31. The van der Waals surface area contributed by atoms with Gasteiger partial charge in [0.05, 0.1) is 12.3 Å². The lowest BCUT2D eigenvalue weighted by molar-refractivity contribution is -0.148. The van der Waals surface area contributed by atoms with Gasteiger partial charge in [-0.1, -0.05) is 12.8 Å². The van der Waals surface area contributed by atoms with Crippen molar-refractivity contribution < 1.29 is 9.53 Å². The SMILES string of the molecule is CCOC(=O)C(C)(C)c1csc(N2CCCCCC2)n1. The van der Waals surface area contributed by atoms with Gasteiger partial charge in [-0.25, -0.2) is 4.98 Å². The molecule has 112 valence electrons. The van der Waals surface area contributed by atoms with Gasteiger partial charge in [-0.3, -0.25) is 4.79 Å². The van der Waals surface area contributed by atoms with Crippen molar-refractivity contribution in [1.29, 1.82) is 0 Å². The number of hydrogen-bond donors (Lipinski definition) is 0. The van der Waals surface area contributed by atoms with Crippen LogP contribution in [0, 0.1) is 0 Å². The van der Waals surface area contributed by atoms with E-state index in [1.54, 1.807) is 11.3 Å². The largest absolute Gasteiger partial charge is 0.465 e. The average molecular weight is 296 g/mol. The van der Waals surface area contributed by atoms with Crippen LogP contribution in [0.5, 0.6) is 0 Å². The van der Waals surface area contributed by atoms with Crippen LogP contribution in [-0.2, 0) is 14.9 Å². The van der Waals surface area contributed by atoms with Crippen LogP contribution in [0.3, 0.4) is 0 Å². The first kappa shape index (κ1) is 15.3. The van der Waals surface area contributed by atoms with Gasteiger partial charge in [-0.05, 0) is 33.6 Å². The minimum absolute atomic E-state index is 0.201. The number of ether oxygens (including phenoxy) is 1. The van der Waals surface area contributed by atoms with Gasteiger partial charge < -0.3 is 9.64 Å². The molecule has 0 aliphatic carbocycles. The number of carbonyl (C=O) groups excluding carboxylic acids is 1. The molecule has 2 heterocycles. The van der Waals surface area contributed by atoms with E-state index < -0.39 is 5.41 Å². The van der Waals surface area contributed by atoms with Crippen LogP contribution < -0.4 is 4.90 Å². The van der Waals surface area contributed by atoms with Gasteiger partial charge in [-0.15, -0.1) is 11.3 Å². The molecule has 0 amide bonds. The summed E-state index contributed by atoms with van der Waals surface area (Å²) in [6.45, 7) is 8.15. The van der Waals surface area contributed by atoms with Gasteiger partial charge in [-0.2, -0.15) is 0 Å². The van der Waals surface area contributed by atoms with E-state index in [0.29, 0.717) is 6.61 Å². The molecule has 20 heavy (non-hydrogen) atoms. The van der Waals surface area contributed by atoms with E-state index >= 15 is 0 Å². The summed E-state index contributed by atoms with van der Waals surface area (Å²) in [7, 11) is 0. The summed E-state index contributed by atoms with van der Waals surface area (Å²) >= 11 is 1.63. The summed E-state index contributed by atoms with van der Waals surface area (Å²) in [5.41, 5.74) is 0.150. The van der Waals surface area contributed by atoms with E-state index in [1.807, 2.05) is 26.2 Å².